The Balaban J connectivity index is 1.54. The van der Waals surface area contributed by atoms with Gasteiger partial charge < -0.3 is 14.5 Å². The minimum atomic E-state index is -0.495. The second kappa shape index (κ2) is 10.9. The molecular formula is C28H29FN2O3S. The Hall–Kier alpha value is -3.45. The first kappa shape index (κ1) is 24.7. The fraction of sp³-hybridized carbons (Fsp3) is 0.286. The molecule has 4 rings (SSSR count). The van der Waals surface area contributed by atoms with E-state index >= 15 is 0 Å². The second-order valence-electron chi connectivity index (χ2n) is 8.72. The number of hydrogen-bond acceptors (Lipinski definition) is 4. The van der Waals surface area contributed by atoms with Crippen LogP contribution < -0.4 is 4.74 Å². The van der Waals surface area contributed by atoms with Gasteiger partial charge in [-0.15, -0.1) is 17.9 Å². The van der Waals surface area contributed by atoms with Gasteiger partial charge in [0.25, 0.3) is 5.91 Å². The lowest BCUT2D eigenvalue weighted by Crippen LogP contribution is -2.47. The van der Waals surface area contributed by atoms with Crippen LogP contribution in [0, 0.1) is 19.7 Å². The zero-order chi connectivity index (χ0) is 24.9. The van der Waals surface area contributed by atoms with Crippen LogP contribution in [0.3, 0.4) is 0 Å². The topological polar surface area (TPSA) is 49.9 Å². The molecular weight excluding hydrogens is 463 g/mol. The minimum absolute atomic E-state index is 0.124. The molecule has 1 aromatic heterocycles. The van der Waals surface area contributed by atoms with Crippen LogP contribution in [0.4, 0.5) is 4.39 Å². The maximum absolute atomic E-state index is 13.7. The van der Waals surface area contributed by atoms with E-state index in [0.29, 0.717) is 13.2 Å². The Labute approximate surface area is 209 Å². The minimum Gasteiger partial charge on any atom is -0.491 e. The zero-order valence-electron chi connectivity index (χ0n) is 20.0. The summed E-state index contributed by atoms with van der Waals surface area (Å²) in [5.41, 5.74) is 3.50. The van der Waals surface area contributed by atoms with Crippen molar-refractivity contribution in [2.75, 3.05) is 26.2 Å². The van der Waals surface area contributed by atoms with Crippen molar-refractivity contribution in [3.05, 3.63) is 99.5 Å². The molecule has 1 aliphatic heterocycles. The lowest BCUT2D eigenvalue weighted by atomic mass is 10.00. The number of aryl methyl sites for hydroxylation is 2. The Bertz CT molecular complexity index is 1240. The van der Waals surface area contributed by atoms with Gasteiger partial charge in [-0.05, 0) is 67.1 Å². The van der Waals surface area contributed by atoms with Crippen molar-refractivity contribution in [2.24, 2.45) is 0 Å². The van der Waals surface area contributed by atoms with Crippen molar-refractivity contribution in [3.63, 3.8) is 0 Å². The zero-order valence-corrected chi connectivity index (χ0v) is 20.8. The van der Waals surface area contributed by atoms with Crippen LogP contribution in [-0.2, 0) is 11.2 Å². The van der Waals surface area contributed by atoms with Crippen molar-refractivity contribution in [1.29, 1.82) is 0 Å². The number of thiophene rings is 1. The number of rotatable bonds is 8. The van der Waals surface area contributed by atoms with Gasteiger partial charge in [0.1, 0.15) is 24.7 Å². The molecule has 2 amide bonds. The van der Waals surface area contributed by atoms with E-state index in [9.17, 15) is 14.0 Å². The van der Waals surface area contributed by atoms with Crippen LogP contribution in [0.25, 0.3) is 0 Å². The Morgan fingerprint density at radius 3 is 2.80 bits per heavy atom. The second-order valence-corrected chi connectivity index (χ2v) is 9.72. The average Bonchev–Trinajstić information content (AvgIpc) is 3.32. The summed E-state index contributed by atoms with van der Waals surface area (Å²) in [5.74, 6) is -0.290. The highest BCUT2D eigenvalue weighted by molar-refractivity contribution is 7.10. The molecule has 182 valence electrons. The highest BCUT2D eigenvalue weighted by atomic mass is 32.1. The fourth-order valence-electron chi connectivity index (χ4n) is 4.44. The molecule has 2 aromatic carbocycles. The first-order valence-electron chi connectivity index (χ1n) is 11.6. The molecule has 7 heteroatoms. The first-order chi connectivity index (χ1) is 16.9. The number of halogens is 1. The van der Waals surface area contributed by atoms with Crippen molar-refractivity contribution < 1.29 is 18.7 Å². The number of amides is 2. The van der Waals surface area contributed by atoms with Crippen LogP contribution in [0.5, 0.6) is 5.75 Å². The van der Waals surface area contributed by atoms with Crippen LogP contribution in [0.2, 0.25) is 0 Å². The van der Waals surface area contributed by atoms with Gasteiger partial charge in [-0.25, -0.2) is 4.39 Å². The summed E-state index contributed by atoms with van der Waals surface area (Å²) in [5, 5.41) is 2.04. The molecule has 0 N–H and O–H groups in total. The Morgan fingerprint density at radius 2 is 2.06 bits per heavy atom. The van der Waals surface area contributed by atoms with E-state index in [1.54, 1.807) is 28.4 Å². The van der Waals surface area contributed by atoms with Crippen molar-refractivity contribution in [3.8, 4) is 5.75 Å². The number of carbonyl (C=O) groups is 2. The number of carbonyl (C=O) groups excluding carboxylic acids is 2. The molecule has 0 saturated carbocycles. The third-order valence-electron chi connectivity index (χ3n) is 6.18. The molecule has 1 aliphatic rings. The van der Waals surface area contributed by atoms with Gasteiger partial charge in [0.2, 0.25) is 5.91 Å². The van der Waals surface area contributed by atoms with E-state index in [2.05, 4.69) is 18.7 Å². The third kappa shape index (κ3) is 5.62. The van der Waals surface area contributed by atoms with Crippen molar-refractivity contribution in [2.45, 2.75) is 26.3 Å². The van der Waals surface area contributed by atoms with E-state index in [0.717, 1.165) is 28.9 Å². The Morgan fingerprint density at radius 1 is 1.23 bits per heavy atom. The molecule has 0 bridgehead atoms. The van der Waals surface area contributed by atoms with Gasteiger partial charge in [0.15, 0.2) is 0 Å². The summed E-state index contributed by atoms with van der Waals surface area (Å²) >= 11 is 1.69. The molecule has 1 atom stereocenters. The van der Waals surface area contributed by atoms with Crippen LogP contribution >= 0.6 is 11.3 Å². The van der Waals surface area contributed by atoms with Gasteiger partial charge in [0.05, 0.1) is 6.04 Å². The molecule has 0 radical (unpaired) electrons. The van der Waals surface area contributed by atoms with Gasteiger partial charge in [0, 0.05) is 23.5 Å². The maximum Gasteiger partial charge on any atom is 0.254 e. The third-order valence-corrected chi connectivity index (χ3v) is 7.17. The number of hydrogen-bond donors (Lipinski definition) is 0. The standard InChI is InChI=1S/C28H29FN2O3S/c1-4-12-30(28(33)21-6-5-7-22(29)16-21)17-27(32)31-13-10-26-23(11-14-35-26)24(31)18-34-25-9-8-19(2)15-20(25)3/h4-9,11,14-16,24H,1,10,12-13,17-18H2,2-3H3/t24-/m0/s1. The highest BCUT2D eigenvalue weighted by Crippen LogP contribution is 2.34. The van der Waals surface area contributed by atoms with Gasteiger partial charge >= 0.3 is 0 Å². The highest BCUT2D eigenvalue weighted by Gasteiger charge is 2.33. The summed E-state index contributed by atoms with van der Waals surface area (Å²) in [7, 11) is 0. The molecule has 0 saturated heterocycles. The smallest absolute Gasteiger partial charge is 0.254 e. The summed E-state index contributed by atoms with van der Waals surface area (Å²) in [6.45, 7) is 8.68. The first-order valence-corrected chi connectivity index (χ1v) is 12.5. The predicted molar refractivity (Wildman–Crippen MR) is 136 cm³/mol. The summed E-state index contributed by atoms with van der Waals surface area (Å²) in [6.07, 6.45) is 2.33. The molecule has 0 aliphatic carbocycles. The largest absolute Gasteiger partial charge is 0.491 e. The van der Waals surface area contributed by atoms with Gasteiger partial charge in [-0.1, -0.05) is 29.8 Å². The molecule has 35 heavy (non-hydrogen) atoms. The van der Waals surface area contributed by atoms with E-state index in [4.69, 9.17) is 4.74 Å². The normalized spacial score (nSPS) is 14.8. The van der Waals surface area contributed by atoms with E-state index < -0.39 is 11.7 Å². The summed E-state index contributed by atoms with van der Waals surface area (Å²) in [4.78, 5) is 31.0. The fourth-order valence-corrected chi connectivity index (χ4v) is 5.37. The molecule has 3 aromatic rings. The van der Waals surface area contributed by atoms with Crippen molar-refractivity contribution in [1.82, 2.24) is 9.80 Å². The predicted octanol–water partition coefficient (Wildman–Crippen LogP) is 5.34. The average molecular weight is 493 g/mol. The molecule has 0 unspecified atom stereocenters. The maximum atomic E-state index is 13.7. The van der Waals surface area contributed by atoms with Crippen LogP contribution in [-0.4, -0.2) is 47.9 Å². The van der Waals surface area contributed by atoms with E-state index in [1.165, 1.54) is 28.0 Å². The number of fused-ring (bicyclic) bond motifs is 1. The van der Waals surface area contributed by atoms with Gasteiger partial charge in [-0.2, -0.15) is 0 Å². The number of benzene rings is 2. The molecule has 5 nitrogen and oxygen atoms in total. The Kier molecular flexibility index (Phi) is 7.66. The van der Waals surface area contributed by atoms with Crippen LogP contribution in [0.1, 0.15) is 38.0 Å². The number of ether oxygens (including phenoxy) is 1. The van der Waals surface area contributed by atoms with E-state index in [1.807, 2.05) is 31.4 Å². The molecule has 2 heterocycles. The number of nitrogens with zero attached hydrogens (tertiary/aromatic N) is 2. The SMILES string of the molecule is C=CCN(CC(=O)N1CCc2sccc2[C@@H]1COc1ccc(C)cc1C)C(=O)c1cccc(F)c1. The van der Waals surface area contributed by atoms with Gasteiger partial charge in [-0.3, -0.25) is 9.59 Å². The lowest BCUT2D eigenvalue weighted by Gasteiger charge is -2.37. The summed E-state index contributed by atoms with van der Waals surface area (Å²) < 4.78 is 19.9. The molecule has 0 spiro atoms. The van der Waals surface area contributed by atoms with Crippen LogP contribution in [0.15, 0.2) is 66.6 Å². The summed E-state index contributed by atoms with van der Waals surface area (Å²) in [6, 6.07) is 13.3. The van der Waals surface area contributed by atoms with E-state index in [-0.39, 0.29) is 30.6 Å². The van der Waals surface area contributed by atoms with Crippen molar-refractivity contribution >= 4 is 23.2 Å². The lowest BCUT2D eigenvalue weighted by molar-refractivity contribution is -0.135. The monoisotopic (exact) mass is 492 g/mol. The molecule has 0 fully saturated rings. The quantitative estimate of drug-likeness (QED) is 0.399.